The van der Waals surface area contributed by atoms with E-state index in [9.17, 15) is 4.79 Å². The van der Waals surface area contributed by atoms with Gasteiger partial charge in [-0.05, 0) is 59.9 Å². The Balaban J connectivity index is 1.21. The maximum absolute atomic E-state index is 12.4. The highest BCUT2D eigenvalue weighted by molar-refractivity contribution is 7.15. The Bertz CT molecular complexity index is 1210. The lowest BCUT2D eigenvalue weighted by atomic mass is 9.97. The number of pyridine rings is 1. The first-order valence-corrected chi connectivity index (χ1v) is 11.2. The van der Waals surface area contributed by atoms with Crippen LogP contribution >= 0.6 is 11.3 Å². The summed E-state index contributed by atoms with van der Waals surface area (Å²) in [5.74, 6) is 1.39. The van der Waals surface area contributed by atoms with Gasteiger partial charge in [-0.2, -0.15) is 0 Å². The van der Waals surface area contributed by atoms with Crippen molar-refractivity contribution in [2.45, 2.75) is 25.5 Å². The van der Waals surface area contributed by atoms with Crippen molar-refractivity contribution in [1.29, 1.82) is 0 Å². The number of hydrogen-bond donors (Lipinski definition) is 1. The molecule has 1 aliphatic rings. The normalized spacial score (nSPS) is 14.8. The van der Waals surface area contributed by atoms with Crippen LogP contribution < -0.4 is 14.8 Å². The first kappa shape index (κ1) is 20.2. The molecule has 1 N–H and O–H groups in total. The summed E-state index contributed by atoms with van der Waals surface area (Å²) in [5.41, 5.74) is 3.29. The average molecular weight is 444 g/mol. The summed E-state index contributed by atoms with van der Waals surface area (Å²) in [6.07, 6.45) is 6.83. The van der Waals surface area contributed by atoms with Crippen molar-refractivity contribution in [3.63, 3.8) is 0 Å². The number of ether oxygens (including phenoxy) is 2. The van der Waals surface area contributed by atoms with Crippen LogP contribution in [0.4, 0.5) is 0 Å². The maximum atomic E-state index is 12.4. The zero-order chi connectivity index (χ0) is 21.8. The molecule has 1 amide bonds. The molecule has 3 heterocycles. The summed E-state index contributed by atoms with van der Waals surface area (Å²) < 4.78 is 12.1. The molecule has 5 rings (SSSR count). The van der Waals surface area contributed by atoms with E-state index in [0.717, 1.165) is 29.7 Å². The number of thiazole rings is 1. The van der Waals surface area contributed by atoms with Crippen LogP contribution in [-0.4, -0.2) is 15.9 Å². The van der Waals surface area contributed by atoms with Crippen molar-refractivity contribution in [2.75, 3.05) is 0 Å². The number of hydrogen-bond acceptors (Lipinski definition) is 6. The molecule has 0 fully saturated rings. The molecular formula is C25H21N3O3S. The van der Waals surface area contributed by atoms with Crippen LogP contribution in [0.3, 0.4) is 0 Å². The second-order valence-electron chi connectivity index (χ2n) is 7.46. The van der Waals surface area contributed by atoms with Gasteiger partial charge < -0.3 is 14.8 Å². The smallest absolute Gasteiger partial charge is 0.279 e. The third-order valence-electron chi connectivity index (χ3n) is 5.26. The summed E-state index contributed by atoms with van der Waals surface area (Å²) in [5, 5.41) is 3.31. The van der Waals surface area contributed by atoms with Gasteiger partial charge in [-0.3, -0.25) is 9.78 Å². The lowest BCUT2D eigenvalue weighted by molar-refractivity contribution is 0.0954. The highest BCUT2D eigenvalue weighted by Crippen LogP contribution is 2.38. The minimum absolute atomic E-state index is 0.0719. The van der Waals surface area contributed by atoms with E-state index in [2.05, 4.69) is 27.4 Å². The molecule has 32 heavy (non-hydrogen) atoms. The summed E-state index contributed by atoms with van der Waals surface area (Å²) >= 11 is 1.22. The van der Waals surface area contributed by atoms with E-state index >= 15 is 0 Å². The van der Waals surface area contributed by atoms with Crippen molar-refractivity contribution in [1.82, 2.24) is 15.3 Å². The molecule has 0 saturated heterocycles. The van der Waals surface area contributed by atoms with Crippen LogP contribution in [0.15, 0.2) is 79.3 Å². The molecule has 0 radical (unpaired) electrons. The number of nitrogens with one attached hydrogen (secondary N) is 1. The Morgan fingerprint density at radius 1 is 1.12 bits per heavy atom. The second kappa shape index (κ2) is 9.20. The number of benzene rings is 2. The number of rotatable bonds is 6. The molecule has 6 nitrogen and oxygen atoms in total. The van der Waals surface area contributed by atoms with E-state index in [0.29, 0.717) is 22.4 Å². The van der Waals surface area contributed by atoms with Gasteiger partial charge in [-0.1, -0.05) is 41.7 Å². The van der Waals surface area contributed by atoms with E-state index in [1.807, 2.05) is 48.5 Å². The Hall–Kier alpha value is -3.71. The van der Waals surface area contributed by atoms with Gasteiger partial charge in [0.05, 0.1) is 6.20 Å². The molecule has 1 unspecified atom stereocenters. The van der Waals surface area contributed by atoms with E-state index in [1.54, 1.807) is 12.4 Å². The fourth-order valence-electron chi connectivity index (χ4n) is 3.61. The monoisotopic (exact) mass is 443 g/mol. The molecular weight excluding hydrogens is 422 g/mol. The Morgan fingerprint density at radius 3 is 2.81 bits per heavy atom. The van der Waals surface area contributed by atoms with Gasteiger partial charge >= 0.3 is 0 Å². The van der Waals surface area contributed by atoms with Gasteiger partial charge in [0.15, 0.2) is 0 Å². The highest BCUT2D eigenvalue weighted by Gasteiger charge is 2.22. The summed E-state index contributed by atoms with van der Waals surface area (Å²) in [7, 11) is 0. The highest BCUT2D eigenvalue weighted by atomic mass is 32.1. The first-order chi connectivity index (χ1) is 15.7. The van der Waals surface area contributed by atoms with Gasteiger partial charge in [0, 0.05) is 18.9 Å². The number of carbonyl (C=O) groups is 1. The SMILES string of the molecule is O=C(NCc1ccncc1)c1cnc(Oc2ccc3c(c2)CCC(c2ccccc2)O3)s1. The van der Waals surface area contributed by atoms with Crippen LogP contribution in [-0.2, 0) is 13.0 Å². The molecule has 160 valence electrons. The number of carbonyl (C=O) groups excluding carboxylic acids is 1. The Kier molecular flexibility index (Phi) is 5.81. The van der Waals surface area contributed by atoms with E-state index < -0.39 is 0 Å². The molecule has 0 aliphatic carbocycles. The molecule has 2 aromatic carbocycles. The molecule has 1 atom stereocenters. The quantitative estimate of drug-likeness (QED) is 0.436. The van der Waals surface area contributed by atoms with Crippen molar-refractivity contribution < 1.29 is 14.3 Å². The predicted octanol–water partition coefficient (Wildman–Crippen LogP) is 5.33. The summed E-state index contributed by atoms with van der Waals surface area (Å²) in [6, 6.07) is 19.8. The number of fused-ring (bicyclic) bond motifs is 1. The van der Waals surface area contributed by atoms with Crippen molar-refractivity contribution in [2.24, 2.45) is 0 Å². The number of aryl methyl sites for hydroxylation is 1. The molecule has 0 saturated carbocycles. The lowest BCUT2D eigenvalue weighted by Gasteiger charge is -2.26. The summed E-state index contributed by atoms with van der Waals surface area (Å²) in [4.78, 5) is 21.1. The molecule has 0 bridgehead atoms. The Labute approximate surface area is 189 Å². The van der Waals surface area contributed by atoms with E-state index in [4.69, 9.17) is 9.47 Å². The fraction of sp³-hybridized carbons (Fsp3) is 0.160. The maximum Gasteiger partial charge on any atom is 0.279 e. The average Bonchev–Trinajstić information content (AvgIpc) is 3.32. The van der Waals surface area contributed by atoms with Gasteiger partial charge in [0.25, 0.3) is 11.1 Å². The van der Waals surface area contributed by atoms with Crippen LogP contribution in [0.25, 0.3) is 0 Å². The Morgan fingerprint density at radius 2 is 1.97 bits per heavy atom. The van der Waals surface area contributed by atoms with Crippen LogP contribution in [0.2, 0.25) is 0 Å². The van der Waals surface area contributed by atoms with Crippen molar-refractivity contribution in [3.05, 3.63) is 101 Å². The number of amides is 1. The van der Waals surface area contributed by atoms with Crippen LogP contribution in [0, 0.1) is 0 Å². The molecule has 2 aromatic heterocycles. The van der Waals surface area contributed by atoms with Gasteiger partial charge in [-0.15, -0.1) is 0 Å². The van der Waals surface area contributed by atoms with E-state index in [-0.39, 0.29) is 12.0 Å². The lowest BCUT2D eigenvalue weighted by Crippen LogP contribution is -2.21. The predicted molar refractivity (Wildman–Crippen MR) is 122 cm³/mol. The van der Waals surface area contributed by atoms with Crippen LogP contribution in [0.1, 0.15) is 38.9 Å². The molecule has 1 aliphatic heterocycles. The summed E-state index contributed by atoms with van der Waals surface area (Å²) in [6.45, 7) is 0.435. The number of aromatic nitrogens is 2. The van der Waals surface area contributed by atoms with Gasteiger partial charge in [-0.25, -0.2) is 4.98 Å². The first-order valence-electron chi connectivity index (χ1n) is 10.4. The minimum atomic E-state index is -0.181. The van der Waals surface area contributed by atoms with Gasteiger partial charge in [0.2, 0.25) is 0 Å². The van der Waals surface area contributed by atoms with Crippen molar-refractivity contribution >= 4 is 17.2 Å². The molecule has 7 heteroatoms. The zero-order valence-corrected chi connectivity index (χ0v) is 18.0. The zero-order valence-electron chi connectivity index (χ0n) is 17.2. The standard InChI is InChI=1S/C25H21N3O3S/c29-24(27-15-17-10-12-26-13-11-17)23-16-28-25(32-23)30-20-7-9-22-19(14-20)6-8-21(31-22)18-4-2-1-3-5-18/h1-5,7,9-14,16,21H,6,8,15H2,(H,27,29). The fourth-order valence-corrected chi connectivity index (χ4v) is 4.31. The second-order valence-corrected chi connectivity index (χ2v) is 8.45. The third kappa shape index (κ3) is 4.63. The van der Waals surface area contributed by atoms with Gasteiger partial charge in [0.1, 0.15) is 22.5 Å². The van der Waals surface area contributed by atoms with E-state index in [1.165, 1.54) is 23.1 Å². The minimum Gasteiger partial charge on any atom is -0.485 e. The molecule has 0 spiro atoms. The topological polar surface area (TPSA) is 73.3 Å². The largest absolute Gasteiger partial charge is 0.485 e. The number of nitrogens with zero attached hydrogens (tertiary/aromatic N) is 2. The molecule has 4 aromatic rings. The van der Waals surface area contributed by atoms with Crippen LogP contribution in [0.5, 0.6) is 16.7 Å². The van der Waals surface area contributed by atoms with Crippen molar-refractivity contribution in [3.8, 4) is 16.7 Å². The third-order valence-corrected chi connectivity index (χ3v) is 6.14.